The van der Waals surface area contributed by atoms with E-state index in [9.17, 15) is 0 Å². The van der Waals surface area contributed by atoms with Crippen molar-refractivity contribution in [2.75, 3.05) is 0 Å². The maximum atomic E-state index is 8.52. The fourth-order valence-corrected chi connectivity index (χ4v) is 1.13. The van der Waals surface area contributed by atoms with Crippen LogP contribution in [0.2, 0.25) is 0 Å². The Morgan fingerprint density at radius 1 is 0.706 bits per heavy atom. The van der Waals surface area contributed by atoms with Gasteiger partial charge in [0.2, 0.25) is 0 Å². The van der Waals surface area contributed by atoms with Gasteiger partial charge in [-0.05, 0) is 11.1 Å². The van der Waals surface area contributed by atoms with Crippen LogP contribution < -0.4 is 59.1 Å². The molecule has 0 bridgehead atoms. The Morgan fingerprint density at radius 3 is 1.35 bits per heavy atom. The van der Waals surface area contributed by atoms with Crippen molar-refractivity contribution in [2.45, 2.75) is 0 Å². The first-order chi connectivity index (χ1) is 6.97. The minimum absolute atomic E-state index is 0. The van der Waals surface area contributed by atoms with Gasteiger partial charge in [0.25, 0.3) is 0 Å². The molecule has 0 heterocycles. The molecule has 2 aliphatic rings. The first-order valence-electron chi connectivity index (χ1n) is 4.07. The van der Waals surface area contributed by atoms with E-state index in [-0.39, 0.29) is 59.1 Å². The molecule has 0 saturated heterocycles. The van der Waals surface area contributed by atoms with E-state index in [1.807, 2.05) is 6.07 Å². The van der Waals surface area contributed by atoms with Crippen LogP contribution in [0, 0.1) is 0 Å². The quantitative estimate of drug-likeness (QED) is 0.274. The van der Waals surface area contributed by atoms with Gasteiger partial charge in [0.05, 0.1) is 0 Å². The average Bonchev–Trinajstić information content (AvgIpc) is 2.40. The Labute approximate surface area is 145 Å². The Kier molecular flexibility index (Phi) is 11.1. The number of rotatable bonds is 0. The molecule has 0 N–H and O–H groups in total. The zero-order valence-electron chi connectivity index (χ0n) is 9.66. The third-order valence-corrected chi connectivity index (χ3v) is 1.66. The van der Waals surface area contributed by atoms with Gasteiger partial charge in [0.1, 0.15) is 0 Å². The van der Waals surface area contributed by atoms with Gasteiger partial charge in [-0.15, -0.1) is 0 Å². The Bertz CT molecular complexity index is 466. The summed E-state index contributed by atoms with van der Waals surface area (Å²) in [4.78, 5) is 0. The molecule has 2 aliphatic carbocycles. The van der Waals surface area contributed by atoms with E-state index in [1.54, 1.807) is 0 Å². The molecule has 0 fully saturated rings. The molecule has 0 unspecified atom stereocenters. The van der Waals surface area contributed by atoms with Crippen molar-refractivity contribution in [3.63, 3.8) is 0 Å². The zero-order chi connectivity index (χ0) is 11.3. The number of fused-ring (bicyclic) bond motifs is 1. The molecule has 4 nitrogen and oxygen atoms in total. The summed E-state index contributed by atoms with van der Waals surface area (Å²) in [5.41, 5.74) is 2.62. The van der Waals surface area contributed by atoms with Gasteiger partial charge in [-0.1, -0.05) is 48.5 Å². The van der Waals surface area contributed by atoms with Crippen LogP contribution in [0.15, 0.2) is 48.5 Å². The van der Waals surface area contributed by atoms with E-state index >= 15 is 0 Å². The molecule has 0 aromatic carbocycles. The van der Waals surface area contributed by atoms with Gasteiger partial charge >= 0.3 is 59.1 Å². The van der Waals surface area contributed by atoms with Crippen molar-refractivity contribution >= 4 is 10.4 Å². The van der Waals surface area contributed by atoms with Crippen molar-refractivity contribution < 1.29 is 76.6 Å². The van der Waals surface area contributed by atoms with E-state index in [1.165, 1.54) is 11.1 Å². The van der Waals surface area contributed by atoms with Crippen LogP contribution in [0.5, 0.6) is 0 Å². The van der Waals surface area contributed by atoms with Gasteiger partial charge in [-0.2, -0.15) is 0 Å². The van der Waals surface area contributed by atoms with Crippen LogP contribution >= 0.6 is 0 Å². The second-order valence-electron chi connectivity index (χ2n) is 2.76. The smallest absolute Gasteiger partial charge is 0.759 e. The molecule has 0 aromatic rings. The molecule has 0 saturated carbocycles. The molecule has 17 heavy (non-hydrogen) atoms. The van der Waals surface area contributed by atoms with Crippen molar-refractivity contribution in [1.29, 1.82) is 0 Å². The minimum atomic E-state index is -5.17. The molecule has 0 atom stereocenters. The van der Waals surface area contributed by atoms with Gasteiger partial charge in [-0.25, -0.2) is 0 Å². The van der Waals surface area contributed by atoms with E-state index in [0.29, 0.717) is 0 Å². The summed E-state index contributed by atoms with van der Waals surface area (Å²) in [6.07, 6.45) is 0. The van der Waals surface area contributed by atoms with E-state index < -0.39 is 10.4 Å². The Morgan fingerprint density at radius 2 is 1.00 bits per heavy atom. The number of hydrogen-bond acceptors (Lipinski definition) is 4. The summed E-state index contributed by atoms with van der Waals surface area (Å²) in [7, 11) is -5.17. The summed E-state index contributed by atoms with van der Waals surface area (Å²) in [6.45, 7) is 0. The Balaban J connectivity index is 0. The predicted octanol–water partition coefficient (Wildman–Crippen LogP) is -4.54. The molecule has 0 aliphatic heterocycles. The molecular weight excluding hydrogens is 262 g/mol. The second kappa shape index (κ2) is 9.49. The van der Waals surface area contributed by atoms with Crippen LogP contribution in [0.1, 0.15) is 0 Å². The van der Waals surface area contributed by atoms with Gasteiger partial charge in [-0.3, -0.25) is 8.42 Å². The zero-order valence-corrected chi connectivity index (χ0v) is 14.5. The Hall–Kier alpha value is 0.570. The van der Waals surface area contributed by atoms with Gasteiger partial charge in [0, 0.05) is 10.4 Å². The fourth-order valence-electron chi connectivity index (χ4n) is 1.13. The largest absolute Gasteiger partial charge is 1.00 e. The molecule has 0 aromatic heterocycles. The molecule has 80 valence electrons. The third-order valence-electron chi connectivity index (χ3n) is 1.66. The molecule has 0 spiro atoms. The van der Waals surface area contributed by atoms with E-state index in [0.717, 1.165) is 0 Å². The van der Waals surface area contributed by atoms with Gasteiger partial charge in [0.15, 0.2) is 0 Å². The van der Waals surface area contributed by atoms with Crippen molar-refractivity contribution in [1.82, 2.24) is 0 Å². The monoisotopic (exact) mass is 270 g/mol. The van der Waals surface area contributed by atoms with E-state index in [2.05, 4.69) is 42.5 Å². The maximum absolute atomic E-state index is 8.52. The molecule has 7 heteroatoms. The first-order valence-corrected chi connectivity index (χ1v) is 5.40. The molecule has 2 rings (SSSR count). The van der Waals surface area contributed by atoms with Crippen molar-refractivity contribution in [3.05, 3.63) is 48.5 Å². The second-order valence-corrected chi connectivity index (χ2v) is 3.57. The average molecular weight is 270 g/mol. The molecular formula is C10H8Na2O4S. The summed E-state index contributed by atoms with van der Waals surface area (Å²) >= 11 is 0. The predicted molar refractivity (Wildman–Crippen MR) is 53.5 cm³/mol. The van der Waals surface area contributed by atoms with Gasteiger partial charge < -0.3 is 9.11 Å². The first kappa shape index (κ1) is 19.9. The van der Waals surface area contributed by atoms with Crippen LogP contribution in [0.3, 0.4) is 0 Å². The van der Waals surface area contributed by atoms with Crippen LogP contribution in [-0.4, -0.2) is 17.5 Å². The topological polar surface area (TPSA) is 80.3 Å². The molecule has 0 radical (unpaired) electrons. The summed E-state index contributed by atoms with van der Waals surface area (Å²) in [5, 5.41) is 0. The maximum Gasteiger partial charge on any atom is 1.00 e. The van der Waals surface area contributed by atoms with Crippen LogP contribution in [0.4, 0.5) is 0 Å². The SMILES string of the molecule is O=S(=O)([O-])[O-].[Na+].[Na+].c1ccc2cccc-2cc1. The van der Waals surface area contributed by atoms with Crippen molar-refractivity contribution in [3.8, 4) is 11.1 Å². The third kappa shape index (κ3) is 10.2. The standard InChI is InChI=1S/C10H8.2Na.H2O4S/c1-2-5-9-7-4-8-10(9)6-3-1;;;1-5(2,3)4/h1-8H;;;(H2,1,2,3,4)/q;2*+1;/p-2. The summed E-state index contributed by atoms with van der Waals surface area (Å²) < 4.78 is 34.1. The number of hydrogen-bond donors (Lipinski definition) is 0. The minimum Gasteiger partial charge on any atom is -0.759 e. The normalized spacial score (nSPS) is 9.29. The van der Waals surface area contributed by atoms with Crippen LogP contribution in [-0.2, 0) is 10.4 Å². The van der Waals surface area contributed by atoms with Crippen molar-refractivity contribution in [2.24, 2.45) is 0 Å². The fraction of sp³-hybridized carbons (Fsp3) is 0. The summed E-state index contributed by atoms with van der Waals surface area (Å²) in [6, 6.07) is 16.7. The molecule has 0 amide bonds. The van der Waals surface area contributed by atoms with E-state index in [4.69, 9.17) is 17.5 Å². The summed E-state index contributed by atoms with van der Waals surface area (Å²) in [5.74, 6) is 0. The van der Waals surface area contributed by atoms with Crippen LogP contribution in [0.25, 0.3) is 11.1 Å².